The van der Waals surface area contributed by atoms with E-state index < -0.39 is 15.3 Å². The molecule has 27 heavy (non-hydrogen) atoms. The topological polar surface area (TPSA) is 92.8 Å². The quantitative estimate of drug-likeness (QED) is 0.588. The molecule has 1 unspecified atom stereocenters. The number of nitrogens with zero attached hydrogens (tertiary/aromatic N) is 1. The van der Waals surface area contributed by atoms with E-state index in [1.54, 1.807) is 0 Å². The average Bonchev–Trinajstić information content (AvgIpc) is 3.28. The molecular weight excluding hydrogens is 368 g/mol. The molecule has 2 fully saturated rings. The van der Waals surface area contributed by atoms with Gasteiger partial charge < -0.3 is 15.0 Å². The summed E-state index contributed by atoms with van der Waals surface area (Å²) < 4.78 is 28.8. The van der Waals surface area contributed by atoms with Crippen LogP contribution in [0.2, 0.25) is 0 Å². The van der Waals surface area contributed by atoms with Gasteiger partial charge in [-0.3, -0.25) is 9.59 Å². The van der Waals surface area contributed by atoms with Crippen molar-refractivity contribution in [1.82, 2.24) is 10.2 Å². The Balaban J connectivity index is 2.02. The van der Waals surface area contributed by atoms with E-state index in [4.69, 9.17) is 4.74 Å². The summed E-state index contributed by atoms with van der Waals surface area (Å²) in [6, 6.07) is -0.0737. The summed E-state index contributed by atoms with van der Waals surface area (Å²) in [7, 11) is -1.66. The fraction of sp³-hybridized carbons (Fsp3) is 0.895. The summed E-state index contributed by atoms with van der Waals surface area (Å²) in [5, 5.41) is 3.15. The van der Waals surface area contributed by atoms with E-state index in [0.717, 1.165) is 25.7 Å². The number of carbonyl (C=O) groups excluding carboxylic acids is 2. The number of hydrogen-bond donors (Lipinski definition) is 1. The van der Waals surface area contributed by atoms with Crippen molar-refractivity contribution in [2.75, 3.05) is 31.7 Å². The second-order valence-electron chi connectivity index (χ2n) is 7.88. The van der Waals surface area contributed by atoms with Crippen molar-refractivity contribution >= 4 is 21.7 Å². The second-order valence-corrected chi connectivity index (χ2v) is 10.1. The molecule has 7 nitrogen and oxygen atoms in total. The molecule has 1 aliphatic carbocycles. The summed E-state index contributed by atoms with van der Waals surface area (Å²) in [6.45, 7) is 4.38. The number of hydrogen-bond acceptors (Lipinski definition) is 6. The number of carbonyl (C=O) groups is 2. The molecule has 0 bridgehead atoms. The van der Waals surface area contributed by atoms with Crippen LogP contribution in [0.4, 0.5) is 0 Å². The predicted molar refractivity (Wildman–Crippen MR) is 104 cm³/mol. The van der Waals surface area contributed by atoms with Gasteiger partial charge in [0.25, 0.3) is 0 Å². The molecule has 0 spiro atoms. The normalized spacial score (nSPS) is 22.7. The number of methoxy groups -OCH3 is 1. The number of rotatable bonds is 9. The van der Waals surface area contributed by atoms with Crippen LogP contribution in [-0.2, 0) is 24.2 Å². The van der Waals surface area contributed by atoms with Gasteiger partial charge in [-0.15, -0.1) is 0 Å². The van der Waals surface area contributed by atoms with Crippen molar-refractivity contribution in [2.45, 2.75) is 70.9 Å². The lowest BCUT2D eigenvalue weighted by Crippen LogP contribution is -2.51. The molecule has 1 atom stereocenters. The molecular formula is C19H34N2O5S. The van der Waals surface area contributed by atoms with Gasteiger partial charge in [0, 0.05) is 18.6 Å². The van der Waals surface area contributed by atoms with Gasteiger partial charge >= 0.3 is 5.97 Å². The van der Waals surface area contributed by atoms with Gasteiger partial charge in [-0.05, 0) is 32.1 Å². The molecule has 0 aromatic carbocycles. The number of ether oxygens (including phenoxy) is 1. The summed E-state index contributed by atoms with van der Waals surface area (Å²) in [4.78, 5) is 27.0. The lowest BCUT2D eigenvalue weighted by atomic mass is 9.82. The summed E-state index contributed by atoms with van der Waals surface area (Å²) in [5.74, 6) is -0.0822. The number of sulfone groups is 1. The molecule has 0 radical (unpaired) electrons. The molecule has 2 aliphatic rings. The van der Waals surface area contributed by atoms with Gasteiger partial charge in [0.15, 0.2) is 9.84 Å². The first-order chi connectivity index (χ1) is 12.8. The van der Waals surface area contributed by atoms with Crippen molar-refractivity contribution in [3.05, 3.63) is 0 Å². The SMILES string of the molecule is CCC(CC)(CNCC(=O)N(C1CCCC1)C1CCS(=O)(=O)C1)C(=O)OC. The van der Waals surface area contributed by atoms with E-state index in [-0.39, 0.29) is 42.0 Å². The van der Waals surface area contributed by atoms with E-state index in [9.17, 15) is 18.0 Å². The molecule has 2 rings (SSSR count). The first-order valence-electron chi connectivity index (χ1n) is 10.1. The second kappa shape index (κ2) is 9.37. The number of amides is 1. The van der Waals surface area contributed by atoms with Gasteiger partial charge in [0.2, 0.25) is 5.91 Å². The lowest BCUT2D eigenvalue weighted by Gasteiger charge is -2.35. The van der Waals surface area contributed by atoms with Gasteiger partial charge in [0.1, 0.15) is 0 Å². The van der Waals surface area contributed by atoms with Gasteiger partial charge in [-0.2, -0.15) is 0 Å². The van der Waals surface area contributed by atoms with Crippen LogP contribution in [0.15, 0.2) is 0 Å². The van der Waals surface area contributed by atoms with Crippen LogP contribution in [0.5, 0.6) is 0 Å². The van der Waals surface area contributed by atoms with Crippen LogP contribution in [0, 0.1) is 5.41 Å². The molecule has 0 aromatic rings. The van der Waals surface area contributed by atoms with Crippen molar-refractivity contribution in [1.29, 1.82) is 0 Å². The van der Waals surface area contributed by atoms with E-state index >= 15 is 0 Å². The maximum atomic E-state index is 13.0. The Labute approximate surface area is 163 Å². The Kier molecular flexibility index (Phi) is 7.68. The maximum Gasteiger partial charge on any atom is 0.313 e. The number of esters is 1. The van der Waals surface area contributed by atoms with Gasteiger partial charge in [-0.25, -0.2) is 8.42 Å². The standard InChI is InChI=1S/C19H34N2O5S/c1-4-19(5-2,18(23)26-3)14-20-12-17(22)21(15-8-6-7-9-15)16-10-11-27(24,25)13-16/h15-16,20H,4-14H2,1-3H3. The van der Waals surface area contributed by atoms with E-state index in [1.807, 2.05) is 18.7 Å². The highest BCUT2D eigenvalue weighted by molar-refractivity contribution is 7.91. The third-order valence-electron chi connectivity index (χ3n) is 6.32. The minimum atomic E-state index is -3.05. The van der Waals surface area contributed by atoms with Crippen molar-refractivity contribution < 1.29 is 22.7 Å². The Morgan fingerprint density at radius 1 is 1.11 bits per heavy atom. The van der Waals surface area contributed by atoms with Crippen LogP contribution >= 0.6 is 0 Å². The van der Waals surface area contributed by atoms with Gasteiger partial charge in [0.05, 0.1) is 30.6 Å². The van der Waals surface area contributed by atoms with E-state index in [2.05, 4.69) is 5.32 Å². The largest absolute Gasteiger partial charge is 0.469 e. The Morgan fingerprint density at radius 3 is 2.22 bits per heavy atom. The summed E-state index contributed by atoms with van der Waals surface area (Å²) in [5.41, 5.74) is -0.635. The predicted octanol–water partition coefficient (Wildman–Crippen LogP) is 1.51. The van der Waals surface area contributed by atoms with E-state index in [1.165, 1.54) is 7.11 Å². The number of nitrogens with one attached hydrogen (secondary N) is 1. The Hall–Kier alpha value is -1.15. The highest BCUT2D eigenvalue weighted by Gasteiger charge is 2.40. The third kappa shape index (κ3) is 5.22. The third-order valence-corrected chi connectivity index (χ3v) is 8.07. The summed E-state index contributed by atoms with van der Waals surface area (Å²) in [6.07, 6.45) is 5.84. The molecule has 1 heterocycles. The molecule has 156 valence electrons. The van der Waals surface area contributed by atoms with Crippen LogP contribution in [0.3, 0.4) is 0 Å². The van der Waals surface area contributed by atoms with Gasteiger partial charge in [-0.1, -0.05) is 26.7 Å². The van der Waals surface area contributed by atoms with Crippen molar-refractivity contribution in [2.24, 2.45) is 5.41 Å². The minimum absolute atomic E-state index is 0.0602. The van der Waals surface area contributed by atoms with Crippen molar-refractivity contribution in [3.8, 4) is 0 Å². The molecule has 1 N–H and O–H groups in total. The van der Waals surface area contributed by atoms with Crippen LogP contribution in [-0.4, -0.2) is 69.0 Å². The first kappa shape index (κ1) is 22.1. The monoisotopic (exact) mass is 402 g/mol. The average molecular weight is 403 g/mol. The van der Waals surface area contributed by atoms with E-state index in [0.29, 0.717) is 25.8 Å². The lowest BCUT2D eigenvalue weighted by molar-refractivity contribution is -0.153. The maximum absolute atomic E-state index is 13.0. The molecule has 0 aromatic heterocycles. The zero-order valence-corrected chi connectivity index (χ0v) is 17.6. The first-order valence-corrected chi connectivity index (χ1v) is 11.9. The highest BCUT2D eigenvalue weighted by atomic mass is 32.2. The molecule has 1 aliphatic heterocycles. The Bertz CT molecular complexity index is 624. The molecule has 1 amide bonds. The highest BCUT2D eigenvalue weighted by Crippen LogP contribution is 2.30. The van der Waals surface area contributed by atoms with Crippen LogP contribution in [0.25, 0.3) is 0 Å². The van der Waals surface area contributed by atoms with Crippen LogP contribution in [0.1, 0.15) is 58.8 Å². The molecule has 1 saturated carbocycles. The minimum Gasteiger partial charge on any atom is -0.469 e. The summed E-state index contributed by atoms with van der Waals surface area (Å²) >= 11 is 0. The zero-order chi connectivity index (χ0) is 20.1. The van der Waals surface area contributed by atoms with Crippen LogP contribution < -0.4 is 5.32 Å². The smallest absolute Gasteiger partial charge is 0.313 e. The molecule has 8 heteroatoms. The van der Waals surface area contributed by atoms with Crippen molar-refractivity contribution in [3.63, 3.8) is 0 Å². The fourth-order valence-corrected chi connectivity index (χ4v) is 6.17. The Morgan fingerprint density at radius 2 is 1.74 bits per heavy atom. The molecule has 1 saturated heterocycles. The fourth-order valence-electron chi connectivity index (χ4n) is 4.46. The zero-order valence-electron chi connectivity index (χ0n) is 16.8.